The monoisotopic (exact) mass is 423 g/mol. The number of rotatable bonds is 6. The maximum absolute atomic E-state index is 12.9. The molecule has 2 aliphatic rings. The fraction of sp³-hybridized carbons (Fsp3) is 0.625. The van der Waals surface area contributed by atoms with E-state index in [1.54, 1.807) is 0 Å². The minimum absolute atomic E-state index is 0. The molecule has 7 nitrogen and oxygen atoms in total. The average Bonchev–Trinajstić information content (AvgIpc) is 3.38. The highest BCUT2D eigenvalue weighted by atomic mass is 35.5. The second kappa shape index (κ2) is 8.12. The van der Waals surface area contributed by atoms with Crippen LogP contribution in [0.15, 0.2) is 34.1 Å². The number of halogens is 1. The van der Waals surface area contributed by atoms with Crippen LogP contribution in [-0.2, 0) is 20.0 Å². The Balaban J connectivity index is 0.00000243. The zero-order valence-corrected chi connectivity index (χ0v) is 17.1. The van der Waals surface area contributed by atoms with Crippen molar-refractivity contribution in [3.63, 3.8) is 0 Å². The van der Waals surface area contributed by atoms with E-state index in [9.17, 15) is 16.8 Å². The van der Waals surface area contributed by atoms with Crippen molar-refractivity contribution in [1.82, 2.24) is 9.03 Å². The number of nitrogens with one attached hydrogen (secondary N) is 1. The standard InChI is InChI=1S/C16H25N3O4S2.ClH/c1-12(17)13-7-9-19(10-8-13)25(22,23)16-4-2-3-15(11-16)24(20,21)18-14-5-6-14;/h2-4,11-14,18H,5-10,17H2,1H3;1H. The van der Waals surface area contributed by atoms with Crippen molar-refractivity contribution in [1.29, 1.82) is 0 Å². The summed E-state index contributed by atoms with van der Waals surface area (Å²) in [4.78, 5) is 0.0105. The maximum Gasteiger partial charge on any atom is 0.243 e. The summed E-state index contributed by atoms with van der Waals surface area (Å²) in [5, 5.41) is 0. The van der Waals surface area contributed by atoms with Crippen molar-refractivity contribution < 1.29 is 16.8 Å². The zero-order valence-electron chi connectivity index (χ0n) is 14.7. The number of sulfonamides is 2. The third-order valence-corrected chi connectivity index (χ3v) is 8.31. The smallest absolute Gasteiger partial charge is 0.243 e. The van der Waals surface area contributed by atoms with Gasteiger partial charge in [0.15, 0.2) is 0 Å². The number of nitrogens with two attached hydrogens (primary N) is 1. The first-order chi connectivity index (χ1) is 11.7. The molecule has 0 spiro atoms. The Morgan fingerprint density at radius 2 is 1.65 bits per heavy atom. The van der Waals surface area contributed by atoms with Gasteiger partial charge in [-0.15, -0.1) is 12.4 Å². The average molecular weight is 424 g/mol. The van der Waals surface area contributed by atoms with Crippen LogP contribution in [0.5, 0.6) is 0 Å². The van der Waals surface area contributed by atoms with Crippen molar-refractivity contribution in [3.8, 4) is 0 Å². The molecule has 0 bridgehead atoms. The van der Waals surface area contributed by atoms with Crippen LogP contribution in [0.25, 0.3) is 0 Å². The van der Waals surface area contributed by atoms with Gasteiger partial charge in [0, 0.05) is 25.2 Å². The van der Waals surface area contributed by atoms with Crippen molar-refractivity contribution >= 4 is 32.5 Å². The summed E-state index contributed by atoms with van der Waals surface area (Å²) in [5.41, 5.74) is 5.90. The Morgan fingerprint density at radius 3 is 2.19 bits per heavy atom. The molecule has 0 amide bonds. The van der Waals surface area contributed by atoms with Gasteiger partial charge in [0.25, 0.3) is 0 Å². The van der Waals surface area contributed by atoms with Gasteiger partial charge in [-0.2, -0.15) is 4.31 Å². The fourth-order valence-electron chi connectivity index (χ4n) is 3.08. The Bertz CT molecular complexity index is 831. The number of benzene rings is 1. The molecule has 0 aromatic heterocycles. The van der Waals surface area contributed by atoms with Crippen LogP contribution in [0, 0.1) is 5.92 Å². The van der Waals surface area contributed by atoms with Gasteiger partial charge >= 0.3 is 0 Å². The molecular formula is C16H26ClN3O4S2. The lowest BCUT2D eigenvalue weighted by molar-refractivity contribution is 0.250. The summed E-state index contributed by atoms with van der Waals surface area (Å²) >= 11 is 0. The molecule has 1 unspecified atom stereocenters. The van der Waals surface area contributed by atoms with Gasteiger partial charge in [-0.25, -0.2) is 21.6 Å². The van der Waals surface area contributed by atoms with Crippen molar-refractivity contribution in [3.05, 3.63) is 24.3 Å². The summed E-state index contributed by atoms with van der Waals surface area (Å²) in [6, 6.07) is 5.62. The molecule has 1 saturated carbocycles. The van der Waals surface area contributed by atoms with Gasteiger partial charge in [0.05, 0.1) is 9.79 Å². The van der Waals surface area contributed by atoms with Gasteiger partial charge in [0.1, 0.15) is 0 Å². The molecule has 1 aromatic carbocycles. The molecule has 3 N–H and O–H groups in total. The first-order valence-corrected chi connectivity index (χ1v) is 11.5. The molecule has 1 aliphatic carbocycles. The van der Waals surface area contributed by atoms with Gasteiger partial charge in [-0.05, 0) is 56.7 Å². The lowest BCUT2D eigenvalue weighted by Crippen LogP contribution is -2.42. The van der Waals surface area contributed by atoms with Gasteiger partial charge in [0.2, 0.25) is 20.0 Å². The lowest BCUT2D eigenvalue weighted by Gasteiger charge is -2.33. The van der Waals surface area contributed by atoms with Crippen LogP contribution < -0.4 is 10.5 Å². The summed E-state index contributed by atoms with van der Waals surface area (Å²) in [6.07, 6.45) is 3.09. The predicted octanol–water partition coefficient (Wildman–Crippen LogP) is 1.30. The zero-order chi connectivity index (χ0) is 18.2. The normalized spacial score (nSPS) is 21.2. The van der Waals surface area contributed by atoms with E-state index >= 15 is 0 Å². The molecule has 1 heterocycles. The van der Waals surface area contributed by atoms with E-state index < -0.39 is 20.0 Å². The van der Waals surface area contributed by atoms with E-state index in [2.05, 4.69) is 4.72 Å². The molecule has 10 heteroatoms. The van der Waals surface area contributed by atoms with Gasteiger partial charge < -0.3 is 5.73 Å². The van der Waals surface area contributed by atoms with Crippen molar-refractivity contribution in [2.75, 3.05) is 13.1 Å². The first-order valence-electron chi connectivity index (χ1n) is 8.58. The van der Waals surface area contributed by atoms with E-state index in [1.807, 2.05) is 6.92 Å². The Morgan fingerprint density at radius 1 is 1.08 bits per heavy atom. The third-order valence-electron chi connectivity index (χ3n) is 4.89. The molecule has 3 rings (SSSR count). The minimum atomic E-state index is -3.71. The van der Waals surface area contributed by atoms with Crippen LogP contribution in [0.1, 0.15) is 32.6 Å². The van der Waals surface area contributed by atoms with Crippen LogP contribution in [0.3, 0.4) is 0 Å². The molecule has 1 atom stereocenters. The van der Waals surface area contributed by atoms with E-state index in [0.717, 1.165) is 25.7 Å². The van der Waals surface area contributed by atoms with E-state index in [0.29, 0.717) is 19.0 Å². The summed E-state index contributed by atoms with van der Waals surface area (Å²) in [6.45, 7) is 2.76. The number of hydrogen-bond acceptors (Lipinski definition) is 5. The largest absolute Gasteiger partial charge is 0.328 e. The minimum Gasteiger partial charge on any atom is -0.328 e. The van der Waals surface area contributed by atoms with E-state index in [-0.39, 0.29) is 34.3 Å². The maximum atomic E-state index is 12.9. The Hall–Kier alpha value is -0.710. The second-order valence-electron chi connectivity index (χ2n) is 6.97. The van der Waals surface area contributed by atoms with Crippen molar-refractivity contribution in [2.45, 2.75) is 54.5 Å². The molecular weight excluding hydrogens is 398 g/mol. The molecule has 2 fully saturated rings. The molecule has 1 aromatic rings. The third kappa shape index (κ3) is 4.76. The quantitative estimate of drug-likeness (QED) is 0.716. The van der Waals surface area contributed by atoms with Crippen LogP contribution in [-0.4, -0.2) is 46.3 Å². The second-order valence-corrected chi connectivity index (χ2v) is 10.6. The topological polar surface area (TPSA) is 110 Å². The number of piperidine rings is 1. The summed E-state index contributed by atoms with van der Waals surface area (Å²) < 4.78 is 54.4. The Kier molecular flexibility index (Phi) is 6.74. The van der Waals surface area contributed by atoms with E-state index in [4.69, 9.17) is 5.73 Å². The number of hydrogen-bond donors (Lipinski definition) is 2. The summed E-state index contributed by atoms with van der Waals surface area (Å²) in [7, 11) is -7.39. The molecule has 1 aliphatic heterocycles. The molecule has 1 saturated heterocycles. The van der Waals surface area contributed by atoms with Crippen LogP contribution >= 0.6 is 12.4 Å². The predicted molar refractivity (Wildman–Crippen MR) is 102 cm³/mol. The fourth-order valence-corrected chi connectivity index (χ4v) is 6.02. The molecule has 26 heavy (non-hydrogen) atoms. The molecule has 148 valence electrons. The highest BCUT2D eigenvalue weighted by Gasteiger charge is 2.32. The first kappa shape index (κ1) is 21.6. The molecule has 0 radical (unpaired) electrons. The highest BCUT2D eigenvalue weighted by molar-refractivity contribution is 7.90. The van der Waals surface area contributed by atoms with Gasteiger partial charge in [-0.1, -0.05) is 6.07 Å². The highest BCUT2D eigenvalue weighted by Crippen LogP contribution is 2.27. The SMILES string of the molecule is CC(N)C1CCN(S(=O)(=O)c2cccc(S(=O)(=O)NC3CC3)c2)CC1.Cl. The lowest BCUT2D eigenvalue weighted by atomic mass is 9.92. The summed E-state index contributed by atoms with van der Waals surface area (Å²) in [5.74, 6) is 0.320. The number of nitrogens with zero attached hydrogens (tertiary/aromatic N) is 1. The van der Waals surface area contributed by atoms with E-state index in [1.165, 1.54) is 28.6 Å². The van der Waals surface area contributed by atoms with Gasteiger partial charge in [-0.3, -0.25) is 0 Å². The van der Waals surface area contributed by atoms with Crippen LogP contribution in [0.4, 0.5) is 0 Å². The van der Waals surface area contributed by atoms with Crippen LogP contribution in [0.2, 0.25) is 0 Å². The van der Waals surface area contributed by atoms with Crippen molar-refractivity contribution in [2.24, 2.45) is 11.7 Å². The Labute approximate surface area is 161 Å².